The maximum absolute atomic E-state index is 10.7. The minimum atomic E-state index is -0.350. The number of piperidine rings is 1. The van der Waals surface area contributed by atoms with E-state index in [1.54, 1.807) is 12.1 Å². The summed E-state index contributed by atoms with van der Waals surface area (Å²) in [6, 6.07) is 6.93. The fourth-order valence-corrected chi connectivity index (χ4v) is 2.28. The molecular formula is C13H19N3O2. The smallest absolute Gasteiger partial charge is 0.258 e. The second kappa shape index (κ2) is 5.93. The van der Waals surface area contributed by atoms with Gasteiger partial charge in [-0.1, -0.05) is 18.6 Å². The Labute approximate surface area is 107 Å². The Kier molecular flexibility index (Phi) is 4.28. The first kappa shape index (κ1) is 13.0. The van der Waals surface area contributed by atoms with Crippen LogP contribution in [0.4, 0.5) is 5.69 Å². The van der Waals surface area contributed by atoms with Crippen molar-refractivity contribution in [2.45, 2.75) is 32.2 Å². The highest BCUT2D eigenvalue weighted by Crippen LogP contribution is 2.20. The van der Waals surface area contributed by atoms with Crippen molar-refractivity contribution in [3.8, 4) is 0 Å². The van der Waals surface area contributed by atoms with Crippen LogP contribution >= 0.6 is 0 Å². The van der Waals surface area contributed by atoms with E-state index in [1.807, 2.05) is 13.0 Å². The van der Waals surface area contributed by atoms with E-state index in [-0.39, 0.29) is 16.7 Å². The quantitative estimate of drug-likeness (QED) is 0.658. The van der Waals surface area contributed by atoms with Gasteiger partial charge >= 0.3 is 0 Å². The van der Waals surface area contributed by atoms with Gasteiger partial charge in [0.25, 0.3) is 5.69 Å². The van der Waals surface area contributed by atoms with Crippen LogP contribution in [0.5, 0.6) is 0 Å². The van der Waals surface area contributed by atoms with E-state index < -0.39 is 0 Å². The molecule has 0 radical (unpaired) electrons. The maximum Gasteiger partial charge on any atom is 0.269 e. The van der Waals surface area contributed by atoms with Gasteiger partial charge in [0.15, 0.2) is 0 Å². The number of nitrogens with zero attached hydrogens (tertiary/aromatic N) is 2. The molecule has 5 heteroatoms. The Morgan fingerprint density at radius 2 is 2.06 bits per heavy atom. The van der Waals surface area contributed by atoms with E-state index in [9.17, 15) is 10.1 Å². The van der Waals surface area contributed by atoms with Crippen LogP contribution in [-0.2, 0) is 0 Å². The molecule has 18 heavy (non-hydrogen) atoms. The molecule has 1 heterocycles. The predicted octanol–water partition coefficient (Wildman–Crippen LogP) is 2.65. The number of hydrazine groups is 1. The normalized spacial score (nSPS) is 18.5. The number of non-ortho nitro benzene ring substituents is 1. The Morgan fingerprint density at radius 1 is 1.33 bits per heavy atom. The molecule has 98 valence electrons. The molecular weight excluding hydrogens is 230 g/mol. The lowest BCUT2D eigenvalue weighted by molar-refractivity contribution is -0.384. The van der Waals surface area contributed by atoms with Gasteiger partial charge < -0.3 is 0 Å². The summed E-state index contributed by atoms with van der Waals surface area (Å²) in [5, 5.41) is 13.0. The van der Waals surface area contributed by atoms with Crippen LogP contribution in [0.1, 0.15) is 37.8 Å². The average Bonchev–Trinajstić information content (AvgIpc) is 2.40. The van der Waals surface area contributed by atoms with E-state index in [1.165, 1.54) is 25.3 Å². The summed E-state index contributed by atoms with van der Waals surface area (Å²) in [5.74, 6) is 0. The molecule has 1 N–H and O–H groups in total. The molecule has 1 fully saturated rings. The third-order valence-corrected chi connectivity index (χ3v) is 3.31. The molecule has 2 rings (SSSR count). The van der Waals surface area contributed by atoms with E-state index in [2.05, 4.69) is 10.4 Å². The van der Waals surface area contributed by atoms with Crippen molar-refractivity contribution in [3.63, 3.8) is 0 Å². The van der Waals surface area contributed by atoms with Crippen molar-refractivity contribution in [1.82, 2.24) is 10.4 Å². The minimum absolute atomic E-state index is 0.1000. The Hall–Kier alpha value is -1.46. The number of nitro benzene ring substituents is 1. The van der Waals surface area contributed by atoms with Crippen molar-refractivity contribution < 1.29 is 4.92 Å². The highest BCUT2D eigenvalue weighted by atomic mass is 16.6. The highest BCUT2D eigenvalue weighted by molar-refractivity contribution is 5.35. The third kappa shape index (κ3) is 3.27. The summed E-state index contributed by atoms with van der Waals surface area (Å²) in [4.78, 5) is 10.4. The van der Waals surface area contributed by atoms with Gasteiger partial charge in [0.2, 0.25) is 0 Å². The van der Waals surface area contributed by atoms with Crippen LogP contribution in [0, 0.1) is 10.1 Å². The zero-order valence-corrected chi connectivity index (χ0v) is 10.6. The molecule has 1 aromatic rings. The van der Waals surface area contributed by atoms with E-state index in [0.717, 1.165) is 18.7 Å². The van der Waals surface area contributed by atoms with Crippen LogP contribution in [0.25, 0.3) is 0 Å². The van der Waals surface area contributed by atoms with Crippen LogP contribution in [0.15, 0.2) is 24.3 Å². The van der Waals surface area contributed by atoms with Crippen LogP contribution in [0.2, 0.25) is 0 Å². The second-order valence-electron chi connectivity index (χ2n) is 4.75. The average molecular weight is 249 g/mol. The number of hydrogen-bond acceptors (Lipinski definition) is 4. The fourth-order valence-electron chi connectivity index (χ4n) is 2.28. The molecule has 0 saturated carbocycles. The first-order valence-electron chi connectivity index (χ1n) is 6.42. The maximum atomic E-state index is 10.7. The molecule has 1 aliphatic rings. The highest BCUT2D eigenvalue weighted by Gasteiger charge is 2.15. The van der Waals surface area contributed by atoms with E-state index >= 15 is 0 Å². The van der Waals surface area contributed by atoms with Crippen molar-refractivity contribution in [2.75, 3.05) is 13.1 Å². The molecule has 0 amide bonds. The molecule has 0 spiro atoms. The summed E-state index contributed by atoms with van der Waals surface area (Å²) < 4.78 is 0. The zero-order chi connectivity index (χ0) is 13.0. The summed E-state index contributed by atoms with van der Waals surface area (Å²) in [5.41, 5.74) is 4.52. The third-order valence-electron chi connectivity index (χ3n) is 3.31. The Balaban J connectivity index is 2.01. The lowest BCUT2D eigenvalue weighted by Crippen LogP contribution is -2.42. The van der Waals surface area contributed by atoms with Gasteiger partial charge in [0.05, 0.1) is 4.92 Å². The molecule has 0 aromatic heterocycles. The Morgan fingerprint density at radius 3 is 2.72 bits per heavy atom. The number of nitro groups is 1. The minimum Gasteiger partial charge on any atom is -0.258 e. The van der Waals surface area contributed by atoms with Crippen LogP contribution in [0.3, 0.4) is 0 Å². The lowest BCUT2D eigenvalue weighted by Gasteiger charge is -2.30. The van der Waals surface area contributed by atoms with Gasteiger partial charge in [0, 0.05) is 31.3 Å². The fraction of sp³-hybridized carbons (Fsp3) is 0.538. The Bertz CT molecular complexity index is 416. The summed E-state index contributed by atoms with van der Waals surface area (Å²) in [6.45, 7) is 4.15. The molecule has 1 aromatic carbocycles. The van der Waals surface area contributed by atoms with Crippen LogP contribution in [-0.4, -0.2) is 23.0 Å². The summed E-state index contributed by atoms with van der Waals surface area (Å²) in [6.07, 6.45) is 3.73. The van der Waals surface area contributed by atoms with E-state index in [0.29, 0.717) is 0 Å². The molecule has 0 bridgehead atoms. The standard InChI is InChI=1S/C13H19N3O2/c1-11(14-15-8-3-2-4-9-15)12-6-5-7-13(10-12)16(17)18/h5-7,10-11,14H,2-4,8-9H2,1H3. The van der Waals surface area contributed by atoms with Crippen molar-refractivity contribution in [2.24, 2.45) is 0 Å². The molecule has 1 aliphatic heterocycles. The van der Waals surface area contributed by atoms with Crippen molar-refractivity contribution in [1.29, 1.82) is 0 Å². The van der Waals surface area contributed by atoms with E-state index in [4.69, 9.17) is 0 Å². The largest absolute Gasteiger partial charge is 0.269 e. The van der Waals surface area contributed by atoms with Gasteiger partial charge in [-0.3, -0.25) is 10.1 Å². The molecule has 5 nitrogen and oxygen atoms in total. The second-order valence-corrected chi connectivity index (χ2v) is 4.75. The number of nitrogens with one attached hydrogen (secondary N) is 1. The summed E-state index contributed by atoms with van der Waals surface area (Å²) in [7, 11) is 0. The molecule has 1 unspecified atom stereocenters. The number of hydrogen-bond donors (Lipinski definition) is 1. The van der Waals surface area contributed by atoms with Crippen molar-refractivity contribution >= 4 is 5.69 Å². The van der Waals surface area contributed by atoms with Gasteiger partial charge in [0.1, 0.15) is 0 Å². The van der Waals surface area contributed by atoms with Gasteiger partial charge in [-0.15, -0.1) is 0 Å². The van der Waals surface area contributed by atoms with Gasteiger partial charge in [-0.2, -0.15) is 0 Å². The molecule has 1 saturated heterocycles. The topological polar surface area (TPSA) is 58.4 Å². The summed E-state index contributed by atoms with van der Waals surface area (Å²) >= 11 is 0. The number of rotatable bonds is 4. The first-order chi connectivity index (χ1) is 8.66. The van der Waals surface area contributed by atoms with Crippen LogP contribution < -0.4 is 5.43 Å². The zero-order valence-electron chi connectivity index (χ0n) is 10.6. The molecule has 1 atom stereocenters. The predicted molar refractivity (Wildman–Crippen MR) is 70.1 cm³/mol. The molecule has 0 aliphatic carbocycles. The van der Waals surface area contributed by atoms with Gasteiger partial charge in [-0.05, 0) is 25.3 Å². The SMILES string of the molecule is CC(NN1CCCCC1)c1cccc([N+](=O)[O-])c1. The first-order valence-corrected chi connectivity index (χ1v) is 6.42. The monoisotopic (exact) mass is 249 g/mol. The van der Waals surface area contributed by atoms with Gasteiger partial charge in [-0.25, -0.2) is 10.4 Å². The van der Waals surface area contributed by atoms with Crippen molar-refractivity contribution in [3.05, 3.63) is 39.9 Å². The number of benzene rings is 1. The lowest BCUT2D eigenvalue weighted by atomic mass is 10.1.